The van der Waals surface area contributed by atoms with E-state index in [1.54, 1.807) is 0 Å². The first-order chi connectivity index (χ1) is 4.16. The van der Waals surface area contributed by atoms with E-state index in [2.05, 4.69) is 39.8 Å². The smallest absolute Gasteiger partial charge is 0.0935 e. The van der Waals surface area contributed by atoms with Crippen LogP contribution in [0.1, 0.15) is 27.7 Å². The average Bonchev–Trinajstić information content (AvgIpc) is 1.63. The van der Waals surface area contributed by atoms with E-state index in [0.717, 1.165) is 11.6 Å². The van der Waals surface area contributed by atoms with E-state index in [9.17, 15) is 0 Å². The molecule has 0 aromatic heterocycles. The van der Waals surface area contributed by atoms with E-state index >= 15 is 0 Å². The number of rotatable bonds is 3. The lowest BCUT2D eigenvalue weighted by Gasteiger charge is -2.05. The summed E-state index contributed by atoms with van der Waals surface area (Å²) in [6, 6.07) is 0. The molecule has 0 fully saturated rings. The highest BCUT2D eigenvalue weighted by atomic mass is 13.8. The minimum absolute atomic E-state index is 0.759. The summed E-state index contributed by atoms with van der Waals surface area (Å²) in [5, 5.41) is 0. The van der Waals surface area contributed by atoms with Crippen LogP contribution in [0.4, 0.5) is 0 Å². The molecule has 9 heavy (non-hydrogen) atoms. The van der Waals surface area contributed by atoms with Gasteiger partial charge in [0.1, 0.15) is 7.28 Å². The maximum Gasteiger partial charge on any atom is 0.131 e. The summed E-state index contributed by atoms with van der Waals surface area (Å²) in [6.45, 7) is 8.87. The third-order valence-corrected chi connectivity index (χ3v) is 1.36. The summed E-state index contributed by atoms with van der Waals surface area (Å²) in [5.74, 6) is 1.59. The van der Waals surface area contributed by atoms with E-state index in [4.69, 9.17) is 0 Å². The molecule has 0 amide bonds. The third-order valence-electron chi connectivity index (χ3n) is 1.36. The molecule has 0 aliphatic carbocycles. The molecule has 52 valence electrons. The Morgan fingerprint density at radius 1 is 1.22 bits per heavy atom. The van der Waals surface area contributed by atoms with Gasteiger partial charge in [-0.05, 0) is 6.92 Å². The van der Waals surface area contributed by atoms with Crippen LogP contribution in [-0.4, -0.2) is 7.28 Å². The standard InChI is InChI=1S/C8H17B/c1-5-6-8(4)9-7(2)3/h5-9H,1-4H3. The largest absolute Gasteiger partial charge is 0.131 e. The molecule has 0 nitrogen and oxygen atoms in total. The highest BCUT2D eigenvalue weighted by molar-refractivity contribution is 6.39. The Morgan fingerprint density at radius 2 is 1.78 bits per heavy atom. The molecule has 1 atom stereocenters. The van der Waals surface area contributed by atoms with Crippen molar-refractivity contribution in [1.82, 2.24) is 0 Å². The van der Waals surface area contributed by atoms with Crippen molar-refractivity contribution in [2.24, 2.45) is 0 Å². The van der Waals surface area contributed by atoms with Crippen molar-refractivity contribution in [3.63, 3.8) is 0 Å². The van der Waals surface area contributed by atoms with E-state index < -0.39 is 0 Å². The lowest BCUT2D eigenvalue weighted by Crippen LogP contribution is -1.99. The van der Waals surface area contributed by atoms with Gasteiger partial charge in [-0.25, -0.2) is 0 Å². The summed E-state index contributed by atoms with van der Waals surface area (Å²) in [7, 11) is 1.31. The Bertz CT molecular complexity index is 84.6. The quantitative estimate of drug-likeness (QED) is 0.400. The van der Waals surface area contributed by atoms with Crippen molar-refractivity contribution < 1.29 is 0 Å². The normalized spacial score (nSPS) is 14.8. The fourth-order valence-corrected chi connectivity index (χ4v) is 1.15. The maximum absolute atomic E-state index is 2.26. The fraction of sp³-hybridized carbons (Fsp3) is 0.750. The Morgan fingerprint density at radius 3 is 2.11 bits per heavy atom. The van der Waals surface area contributed by atoms with Crippen LogP contribution < -0.4 is 0 Å². The number of hydrogen-bond acceptors (Lipinski definition) is 0. The number of hydrogen-bond donors (Lipinski definition) is 0. The Kier molecular flexibility index (Phi) is 4.56. The Labute approximate surface area is 59.6 Å². The van der Waals surface area contributed by atoms with Gasteiger partial charge in [0.05, 0.1) is 0 Å². The summed E-state index contributed by atoms with van der Waals surface area (Å²) < 4.78 is 0. The predicted molar refractivity (Wildman–Crippen MR) is 46.5 cm³/mol. The first kappa shape index (κ1) is 8.80. The van der Waals surface area contributed by atoms with Gasteiger partial charge in [0, 0.05) is 0 Å². The van der Waals surface area contributed by atoms with Crippen LogP contribution in [0.3, 0.4) is 0 Å². The van der Waals surface area contributed by atoms with Crippen LogP contribution in [0.25, 0.3) is 0 Å². The maximum atomic E-state index is 2.26. The molecule has 0 heterocycles. The second-order valence-corrected chi connectivity index (χ2v) is 3.13. The molecule has 0 rings (SSSR count). The second kappa shape index (κ2) is 4.66. The summed E-state index contributed by atoms with van der Waals surface area (Å²) in [6.07, 6.45) is 4.40. The lowest BCUT2D eigenvalue weighted by molar-refractivity contribution is 1.01. The zero-order chi connectivity index (χ0) is 7.28. The highest BCUT2D eigenvalue weighted by Crippen LogP contribution is 2.11. The molecule has 0 radical (unpaired) electrons. The first-order valence-electron chi connectivity index (χ1n) is 3.79. The first-order valence-corrected chi connectivity index (χ1v) is 3.79. The van der Waals surface area contributed by atoms with Crippen molar-refractivity contribution in [3.8, 4) is 0 Å². The van der Waals surface area contributed by atoms with Crippen molar-refractivity contribution in [3.05, 3.63) is 12.2 Å². The van der Waals surface area contributed by atoms with E-state index in [1.165, 1.54) is 7.28 Å². The highest BCUT2D eigenvalue weighted by Gasteiger charge is 2.01. The Balaban J connectivity index is 3.38. The lowest BCUT2D eigenvalue weighted by atomic mass is 9.57. The number of allylic oxidation sites excluding steroid dienone is 2. The van der Waals surface area contributed by atoms with Crippen LogP contribution in [0.2, 0.25) is 11.6 Å². The van der Waals surface area contributed by atoms with Crippen LogP contribution in [-0.2, 0) is 0 Å². The topological polar surface area (TPSA) is 0 Å². The summed E-state index contributed by atoms with van der Waals surface area (Å²) >= 11 is 0. The second-order valence-electron chi connectivity index (χ2n) is 3.13. The van der Waals surface area contributed by atoms with Crippen LogP contribution in [0.15, 0.2) is 12.2 Å². The van der Waals surface area contributed by atoms with Crippen LogP contribution in [0, 0.1) is 0 Å². The van der Waals surface area contributed by atoms with Crippen molar-refractivity contribution in [2.75, 3.05) is 0 Å². The van der Waals surface area contributed by atoms with Gasteiger partial charge in [-0.3, -0.25) is 0 Å². The molecule has 0 bridgehead atoms. The summed E-state index contributed by atoms with van der Waals surface area (Å²) in [4.78, 5) is 0. The zero-order valence-corrected chi connectivity index (χ0v) is 7.02. The van der Waals surface area contributed by atoms with Crippen molar-refractivity contribution >= 4 is 7.28 Å². The van der Waals surface area contributed by atoms with Crippen molar-refractivity contribution in [2.45, 2.75) is 39.3 Å². The molecule has 0 aliphatic heterocycles. The third kappa shape index (κ3) is 5.68. The van der Waals surface area contributed by atoms with Gasteiger partial charge < -0.3 is 0 Å². The van der Waals surface area contributed by atoms with Crippen LogP contribution in [0.5, 0.6) is 0 Å². The average molecular weight is 124 g/mol. The molecule has 0 aromatic carbocycles. The van der Waals surface area contributed by atoms with Gasteiger partial charge in [0.25, 0.3) is 0 Å². The van der Waals surface area contributed by atoms with Crippen molar-refractivity contribution in [1.29, 1.82) is 0 Å². The Hall–Kier alpha value is -0.195. The van der Waals surface area contributed by atoms with Gasteiger partial charge in [-0.1, -0.05) is 44.6 Å². The molecule has 0 aromatic rings. The van der Waals surface area contributed by atoms with E-state index in [0.29, 0.717) is 0 Å². The van der Waals surface area contributed by atoms with Gasteiger partial charge >= 0.3 is 0 Å². The fourth-order valence-electron chi connectivity index (χ4n) is 1.15. The molecule has 0 spiro atoms. The molecular weight excluding hydrogens is 107 g/mol. The van der Waals surface area contributed by atoms with Gasteiger partial charge in [-0.2, -0.15) is 0 Å². The molecule has 0 aliphatic rings. The minimum atomic E-state index is 0.759. The van der Waals surface area contributed by atoms with Gasteiger partial charge in [0.15, 0.2) is 0 Å². The molecule has 0 N–H and O–H groups in total. The minimum Gasteiger partial charge on any atom is -0.0935 e. The molecule has 0 saturated carbocycles. The zero-order valence-electron chi connectivity index (χ0n) is 7.02. The monoisotopic (exact) mass is 124 g/mol. The SMILES string of the molecule is CC=CC(C)BC(C)C. The van der Waals surface area contributed by atoms with Gasteiger partial charge in [0.2, 0.25) is 0 Å². The van der Waals surface area contributed by atoms with Gasteiger partial charge in [-0.15, -0.1) is 0 Å². The summed E-state index contributed by atoms with van der Waals surface area (Å²) in [5.41, 5.74) is 0. The predicted octanol–water partition coefficient (Wildman–Crippen LogP) is 2.64. The van der Waals surface area contributed by atoms with E-state index in [-0.39, 0.29) is 0 Å². The molecule has 0 saturated heterocycles. The van der Waals surface area contributed by atoms with Crippen LogP contribution >= 0.6 is 0 Å². The molecule has 1 unspecified atom stereocenters. The van der Waals surface area contributed by atoms with E-state index in [1.807, 2.05) is 0 Å². The molecular formula is C8H17B. The molecule has 1 heteroatoms.